The molecular weight excluding hydrogens is 236 g/mol. The number of rotatable bonds is 2. The highest BCUT2D eigenvalue weighted by atomic mass is 16.2. The number of benzene rings is 1. The standard InChI is InChI=1S/C16H24N2O/c1-10(2)18-15(19)8-7-14(17)16(18)13-9-11(3)5-6-12(13)4/h5-6,9-10,14,16H,7-8,17H2,1-4H3. The van der Waals surface area contributed by atoms with Crippen LogP contribution in [0, 0.1) is 13.8 Å². The van der Waals surface area contributed by atoms with E-state index in [0.29, 0.717) is 6.42 Å². The molecule has 0 radical (unpaired) electrons. The first-order chi connectivity index (χ1) is 8.91. The molecule has 1 saturated heterocycles. The molecule has 2 N–H and O–H groups in total. The Balaban J connectivity index is 2.48. The van der Waals surface area contributed by atoms with Gasteiger partial charge in [-0.15, -0.1) is 0 Å². The molecule has 2 atom stereocenters. The van der Waals surface area contributed by atoms with Crippen molar-refractivity contribution in [2.24, 2.45) is 5.73 Å². The van der Waals surface area contributed by atoms with E-state index in [2.05, 4.69) is 45.9 Å². The summed E-state index contributed by atoms with van der Waals surface area (Å²) in [5.74, 6) is 0.225. The molecule has 3 nitrogen and oxygen atoms in total. The van der Waals surface area contributed by atoms with E-state index in [1.807, 2.05) is 4.90 Å². The van der Waals surface area contributed by atoms with Gasteiger partial charge in [-0.25, -0.2) is 0 Å². The maximum atomic E-state index is 12.2. The van der Waals surface area contributed by atoms with Crippen LogP contribution in [0.2, 0.25) is 0 Å². The Morgan fingerprint density at radius 2 is 2.00 bits per heavy atom. The summed E-state index contributed by atoms with van der Waals surface area (Å²) in [6.45, 7) is 8.31. The van der Waals surface area contributed by atoms with E-state index in [1.54, 1.807) is 0 Å². The predicted molar refractivity (Wildman–Crippen MR) is 77.8 cm³/mol. The van der Waals surface area contributed by atoms with E-state index in [0.717, 1.165) is 6.42 Å². The molecule has 1 aromatic rings. The Bertz CT molecular complexity index is 482. The maximum absolute atomic E-state index is 12.2. The maximum Gasteiger partial charge on any atom is 0.223 e. The van der Waals surface area contributed by atoms with Crippen LogP contribution in [0.15, 0.2) is 18.2 Å². The molecule has 0 aliphatic carbocycles. The number of likely N-dealkylation sites (tertiary alicyclic amines) is 1. The highest BCUT2D eigenvalue weighted by molar-refractivity contribution is 5.78. The number of piperidine rings is 1. The van der Waals surface area contributed by atoms with Crippen molar-refractivity contribution in [1.29, 1.82) is 0 Å². The van der Waals surface area contributed by atoms with Gasteiger partial charge in [0.15, 0.2) is 0 Å². The van der Waals surface area contributed by atoms with Gasteiger partial charge in [-0.2, -0.15) is 0 Å². The van der Waals surface area contributed by atoms with Crippen LogP contribution >= 0.6 is 0 Å². The summed E-state index contributed by atoms with van der Waals surface area (Å²) in [6.07, 6.45) is 1.35. The zero-order valence-electron chi connectivity index (χ0n) is 12.3. The molecule has 0 spiro atoms. The number of carbonyl (C=O) groups excluding carboxylic acids is 1. The Kier molecular flexibility index (Phi) is 3.95. The average Bonchev–Trinajstić information content (AvgIpc) is 2.34. The van der Waals surface area contributed by atoms with Crippen LogP contribution in [0.3, 0.4) is 0 Å². The monoisotopic (exact) mass is 260 g/mol. The third-order valence-corrected chi connectivity index (χ3v) is 3.99. The number of carbonyl (C=O) groups is 1. The number of hydrogen-bond acceptors (Lipinski definition) is 2. The molecule has 1 aromatic carbocycles. The third kappa shape index (κ3) is 2.66. The average molecular weight is 260 g/mol. The number of aryl methyl sites for hydroxylation is 2. The quantitative estimate of drug-likeness (QED) is 0.888. The Morgan fingerprint density at radius 1 is 1.32 bits per heavy atom. The van der Waals surface area contributed by atoms with Gasteiger partial charge in [-0.3, -0.25) is 4.79 Å². The summed E-state index contributed by atoms with van der Waals surface area (Å²) >= 11 is 0. The van der Waals surface area contributed by atoms with Crippen molar-refractivity contribution in [2.75, 3.05) is 0 Å². The summed E-state index contributed by atoms with van der Waals surface area (Å²) in [6, 6.07) is 6.63. The number of nitrogens with two attached hydrogens (primary N) is 1. The van der Waals surface area contributed by atoms with Crippen LogP contribution in [0.4, 0.5) is 0 Å². The molecule has 0 aromatic heterocycles. The van der Waals surface area contributed by atoms with E-state index in [9.17, 15) is 4.79 Å². The van der Waals surface area contributed by atoms with Crippen molar-refractivity contribution in [2.45, 2.75) is 58.7 Å². The summed E-state index contributed by atoms with van der Waals surface area (Å²) in [7, 11) is 0. The zero-order valence-corrected chi connectivity index (χ0v) is 12.3. The molecule has 2 unspecified atom stereocenters. The topological polar surface area (TPSA) is 46.3 Å². The first-order valence-corrected chi connectivity index (χ1v) is 7.05. The SMILES string of the molecule is Cc1ccc(C)c(C2C(N)CCC(=O)N2C(C)C)c1. The second-order valence-corrected chi connectivity index (χ2v) is 5.90. The van der Waals surface area contributed by atoms with E-state index in [-0.39, 0.29) is 24.0 Å². The van der Waals surface area contributed by atoms with E-state index < -0.39 is 0 Å². The summed E-state index contributed by atoms with van der Waals surface area (Å²) in [4.78, 5) is 14.2. The number of amides is 1. The fourth-order valence-electron chi connectivity index (χ4n) is 3.01. The van der Waals surface area contributed by atoms with Crippen LogP contribution in [-0.2, 0) is 4.79 Å². The lowest BCUT2D eigenvalue weighted by molar-refractivity contribution is -0.139. The van der Waals surface area contributed by atoms with Crippen molar-refractivity contribution < 1.29 is 4.79 Å². The Hall–Kier alpha value is -1.35. The summed E-state index contributed by atoms with van der Waals surface area (Å²) < 4.78 is 0. The fraction of sp³-hybridized carbons (Fsp3) is 0.562. The van der Waals surface area contributed by atoms with E-state index in [1.165, 1.54) is 16.7 Å². The second kappa shape index (κ2) is 5.33. The van der Waals surface area contributed by atoms with Gasteiger partial charge in [-0.05, 0) is 45.2 Å². The van der Waals surface area contributed by atoms with Crippen LogP contribution < -0.4 is 5.73 Å². The smallest absolute Gasteiger partial charge is 0.223 e. The van der Waals surface area contributed by atoms with Gasteiger partial charge >= 0.3 is 0 Å². The van der Waals surface area contributed by atoms with Crippen molar-refractivity contribution in [3.8, 4) is 0 Å². The minimum Gasteiger partial charge on any atom is -0.332 e. The summed E-state index contributed by atoms with van der Waals surface area (Å²) in [5.41, 5.74) is 9.96. The minimum absolute atomic E-state index is 0.0150. The largest absolute Gasteiger partial charge is 0.332 e. The van der Waals surface area contributed by atoms with Crippen molar-refractivity contribution in [3.05, 3.63) is 34.9 Å². The molecule has 1 heterocycles. The van der Waals surface area contributed by atoms with Gasteiger partial charge in [0, 0.05) is 18.5 Å². The summed E-state index contributed by atoms with van der Waals surface area (Å²) in [5, 5.41) is 0. The lowest BCUT2D eigenvalue weighted by Gasteiger charge is -2.43. The predicted octanol–water partition coefficient (Wildman–Crippen LogP) is 2.70. The molecule has 1 aliphatic heterocycles. The molecule has 1 amide bonds. The van der Waals surface area contributed by atoms with Crippen LogP contribution in [0.1, 0.15) is 49.4 Å². The van der Waals surface area contributed by atoms with Crippen LogP contribution in [-0.4, -0.2) is 22.9 Å². The minimum atomic E-state index is 0.0150. The van der Waals surface area contributed by atoms with Crippen LogP contribution in [0.5, 0.6) is 0 Å². The lowest BCUT2D eigenvalue weighted by atomic mass is 9.86. The highest BCUT2D eigenvalue weighted by Crippen LogP contribution is 2.34. The van der Waals surface area contributed by atoms with Gasteiger partial charge in [0.05, 0.1) is 6.04 Å². The fourth-order valence-corrected chi connectivity index (χ4v) is 3.01. The Morgan fingerprint density at radius 3 is 2.63 bits per heavy atom. The van der Waals surface area contributed by atoms with Gasteiger partial charge in [0.2, 0.25) is 5.91 Å². The lowest BCUT2D eigenvalue weighted by Crippen LogP contribution is -2.51. The third-order valence-electron chi connectivity index (χ3n) is 3.99. The molecule has 104 valence electrons. The van der Waals surface area contributed by atoms with Gasteiger partial charge < -0.3 is 10.6 Å². The van der Waals surface area contributed by atoms with E-state index in [4.69, 9.17) is 5.73 Å². The van der Waals surface area contributed by atoms with Crippen LogP contribution in [0.25, 0.3) is 0 Å². The molecule has 19 heavy (non-hydrogen) atoms. The second-order valence-electron chi connectivity index (χ2n) is 5.90. The van der Waals surface area contributed by atoms with Gasteiger partial charge in [0.25, 0.3) is 0 Å². The first-order valence-electron chi connectivity index (χ1n) is 7.05. The molecule has 3 heteroatoms. The van der Waals surface area contributed by atoms with Gasteiger partial charge in [-0.1, -0.05) is 23.8 Å². The molecule has 1 fully saturated rings. The van der Waals surface area contributed by atoms with Crippen molar-refractivity contribution in [1.82, 2.24) is 4.90 Å². The molecule has 2 rings (SSSR count). The number of hydrogen-bond donors (Lipinski definition) is 1. The molecule has 0 saturated carbocycles. The van der Waals surface area contributed by atoms with E-state index >= 15 is 0 Å². The molecule has 1 aliphatic rings. The molecular formula is C16H24N2O. The normalized spacial score (nSPS) is 24.1. The van der Waals surface area contributed by atoms with Gasteiger partial charge in [0.1, 0.15) is 0 Å². The molecule has 0 bridgehead atoms. The highest BCUT2D eigenvalue weighted by Gasteiger charge is 2.36. The van der Waals surface area contributed by atoms with Crippen molar-refractivity contribution in [3.63, 3.8) is 0 Å². The number of nitrogens with zero attached hydrogens (tertiary/aromatic N) is 1. The zero-order chi connectivity index (χ0) is 14.2. The first kappa shape index (κ1) is 14.1. The Labute approximate surface area is 115 Å². The van der Waals surface area contributed by atoms with Crippen molar-refractivity contribution >= 4 is 5.91 Å².